The van der Waals surface area contributed by atoms with Crippen LogP contribution in [0.4, 0.5) is 5.69 Å². The molecule has 2 aliphatic heterocycles. The molecule has 2 aromatic rings. The van der Waals surface area contributed by atoms with Gasteiger partial charge in [-0.15, -0.1) is 0 Å². The molecule has 2 fully saturated rings. The summed E-state index contributed by atoms with van der Waals surface area (Å²) in [6, 6.07) is 11.8. The molecule has 2 saturated heterocycles. The van der Waals surface area contributed by atoms with Gasteiger partial charge in [0.1, 0.15) is 0 Å². The summed E-state index contributed by atoms with van der Waals surface area (Å²) in [7, 11) is 0. The fourth-order valence-corrected chi connectivity index (χ4v) is 7.37. The Hall–Kier alpha value is -1.70. The van der Waals surface area contributed by atoms with Crippen molar-refractivity contribution in [1.82, 2.24) is 4.90 Å². The Morgan fingerprint density at radius 3 is 2.49 bits per heavy atom. The normalized spacial score (nSPS) is 22.3. The Kier molecular flexibility index (Phi) is 6.09. The number of benzene rings is 2. The standard InChI is InChI=1S/C30H35IN2O2/c1-4-19-16-24-25(18-27(19)33-9-7-22(8-10-33)32-11-13-35-14-12-32)30(2,3)26-17-20-15-21(31)5-6-23(20)28(26)29(24)34/h5-6,15-16,18,22H,4,7-14,17H2,1-3H3. The minimum Gasteiger partial charge on any atom is -0.379 e. The molecule has 0 aromatic heterocycles. The van der Waals surface area contributed by atoms with Crippen LogP contribution >= 0.6 is 22.6 Å². The maximum absolute atomic E-state index is 13.9. The van der Waals surface area contributed by atoms with Crippen molar-refractivity contribution in [3.63, 3.8) is 0 Å². The number of Topliss-reactive ketones (excluding diaryl/α,β-unsaturated/α-hetero) is 1. The molecule has 4 nitrogen and oxygen atoms in total. The molecule has 6 rings (SSSR count). The fourth-order valence-electron chi connectivity index (χ4n) is 6.81. The summed E-state index contributed by atoms with van der Waals surface area (Å²) in [5.41, 5.74) is 9.35. The molecule has 2 aliphatic carbocycles. The van der Waals surface area contributed by atoms with Gasteiger partial charge < -0.3 is 9.64 Å². The lowest BCUT2D eigenvalue weighted by molar-refractivity contribution is 0.0115. The maximum Gasteiger partial charge on any atom is 0.193 e. The Balaban J connectivity index is 1.33. The van der Waals surface area contributed by atoms with E-state index in [0.717, 1.165) is 68.9 Å². The number of anilines is 1. The zero-order valence-corrected chi connectivity index (χ0v) is 23.3. The van der Waals surface area contributed by atoms with Crippen LogP contribution in [0.1, 0.15) is 66.2 Å². The first-order valence-electron chi connectivity index (χ1n) is 13.2. The molecule has 35 heavy (non-hydrogen) atoms. The fraction of sp³-hybridized carbons (Fsp3) is 0.500. The summed E-state index contributed by atoms with van der Waals surface area (Å²) in [6.07, 6.45) is 4.23. The van der Waals surface area contributed by atoms with E-state index in [1.54, 1.807) is 0 Å². The number of hydrogen-bond acceptors (Lipinski definition) is 4. The number of halogens is 1. The van der Waals surface area contributed by atoms with Crippen molar-refractivity contribution < 1.29 is 9.53 Å². The Morgan fingerprint density at radius 2 is 1.77 bits per heavy atom. The molecule has 5 heteroatoms. The third kappa shape index (κ3) is 3.89. The molecule has 184 valence electrons. The first kappa shape index (κ1) is 23.7. The summed E-state index contributed by atoms with van der Waals surface area (Å²) in [5, 5.41) is 0. The van der Waals surface area contributed by atoms with Crippen LogP contribution in [0.25, 0.3) is 5.57 Å². The molecular weight excluding hydrogens is 547 g/mol. The second-order valence-electron chi connectivity index (χ2n) is 11.0. The number of ketones is 1. The van der Waals surface area contributed by atoms with Gasteiger partial charge in [0.05, 0.1) is 13.2 Å². The molecular formula is C30H35IN2O2. The van der Waals surface area contributed by atoms with E-state index in [1.165, 1.54) is 44.4 Å². The average Bonchev–Trinajstić information content (AvgIpc) is 3.27. The van der Waals surface area contributed by atoms with Gasteiger partial charge in [0, 0.05) is 58.0 Å². The zero-order valence-electron chi connectivity index (χ0n) is 21.1. The first-order chi connectivity index (χ1) is 16.9. The summed E-state index contributed by atoms with van der Waals surface area (Å²) < 4.78 is 6.80. The zero-order chi connectivity index (χ0) is 24.3. The van der Waals surface area contributed by atoms with Crippen LogP contribution in [0.5, 0.6) is 0 Å². The molecule has 0 radical (unpaired) electrons. The summed E-state index contributed by atoms with van der Waals surface area (Å²) >= 11 is 2.38. The first-order valence-corrected chi connectivity index (χ1v) is 14.3. The molecule has 0 saturated carbocycles. The maximum atomic E-state index is 13.9. The predicted molar refractivity (Wildman–Crippen MR) is 151 cm³/mol. The highest BCUT2D eigenvalue weighted by Crippen LogP contribution is 2.51. The number of piperidine rings is 1. The van der Waals surface area contributed by atoms with Gasteiger partial charge in [0.2, 0.25) is 0 Å². The number of hydrogen-bond donors (Lipinski definition) is 0. The lowest BCUT2D eigenvalue weighted by Crippen LogP contribution is -2.49. The van der Waals surface area contributed by atoms with E-state index in [1.807, 2.05) is 0 Å². The SMILES string of the molecule is CCc1cc2c(cc1N1CCC(N3CCOCC3)CC1)C(C)(C)C1=C(C2=O)c2ccc(I)cc2C1. The quantitative estimate of drug-likeness (QED) is 0.439. The van der Waals surface area contributed by atoms with Gasteiger partial charge in [-0.05, 0) is 100 Å². The number of allylic oxidation sites excluding steroid dienone is 2. The lowest BCUT2D eigenvalue weighted by Gasteiger charge is -2.42. The van der Waals surface area contributed by atoms with Gasteiger partial charge in [-0.3, -0.25) is 9.69 Å². The van der Waals surface area contributed by atoms with Gasteiger partial charge >= 0.3 is 0 Å². The third-order valence-electron chi connectivity index (χ3n) is 8.87. The van der Waals surface area contributed by atoms with E-state index >= 15 is 0 Å². The topological polar surface area (TPSA) is 32.8 Å². The average molecular weight is 583 g/mol. The molecule has 2 aromatic carbocycles. The number of ether oxygens (including phenoxy) is 1. The van der Waals surface area contributed by atoms with Gasteiger partial charge in [-0.1, -0.05) is 26.8 Å². The molecule has 0 bridgehead atoms. The number of nitrogens with zero attached hydrogens (tertiary/aromatic N) is 2. The van der Waals surface area contributed by atoms with E-state index < -0.39 is 0 Å². The number of carbonyl (C=O) groups excluding carboxylic acids is 1. The van der Waals surface area contributed by atoms with E-state index in [0.29, 0.717) is 6.04 Å². The minimum atomic E-state index is -0.157. The number of fused-ring (bicyclic) bond motifs is 3. The molecule has 0 amide bonds. The van der Waals surface area contributed by atoms with Gasteiger partial charge in [-0.2, -0.15) is 0 Å². The van der Waals surface area contributed by atoms with Crippen molar-refractivity contribution in [2.24, 2.45) is 0 Å². The second kappa shape index (κ2) is 9.00. The van der Waals surface area contributed by atoms with E-state index in [9.17, 15) is 4.79 Å². The number of carbonyl (C=O) groups is 1. The Labute approximate surface area is 222 Å². The number of aryl methyl sites for hydroxylation is 1. The summed E-state index contributed by atoms with van der Waals surface area (Å²) in [6.45, 7) is 12.9. The van der Waals surface area contributed by atoms with Crippen LogP contribution in [0.2, 0.25) is 0 Å². The number of rotatable bonds is 3. The molecule has 2 heterocycles. The highest BCUT2D eigenvalue weighted by atomic mass is 127. The highest BCUT2D eigenvalue weighted by Gasteiger charge is 2.43. The predicted octanol–water partition coefficient (Wildman–Crippen LogP) is 5.64. The van der Waals surface area contributed by atoms with E-state index in [4.69, 9.17) is 4.74 Å². The monoisotopic (exact) mass is 582 g/mol. The Morgan fingerprint density at radius 1 is 1.03 bits per heavy atom. The van der Waals surface area contributed by atoms with Crippen LogP contribution in [-0.2, 0) is 23.0 Å². The van der Waals surface area contributed by atoms with Crippen LogP contribution in [0.15, 0.2) is 35.9 Å². The number of morpholine rings is 1. The van der Waals surface area contributed by atoms with E-state index in [-0.39, 0.29) is 11.2 Å². The van der Waals surface area contributed by atoms with Crippen LogP contribution < -0.4 is 4.90 Å². The van der Waals surface area contributed by atoms with Crippen LogP contribution in [-0.4, -0.2) is 56.1 Å². The van der Waals surface area contributed by atoms with Crippen molar-refractivity contribution in [1.29, 1.82) is 0 Å². The van der Waals surface area contributed by atoms with Gasteiger partial charge in [0.15, 0.2) is 5.78 Å². The van der Waals surface area contributed by atoms with Crippen molar-refractivity contribution in [2.75, 3.05) is 44.3 Å². The molecule has 0 atom stereocenters. The van der Waals surface area contributed by atoms with Crippen LogP contribution in [0.3, 0.4) is 0 Å². The van der Waals surface area contributed by atoms with Gasteiger partial charge in [-0.25, -0.2) is 0 Å². The van der Waals surface area contributed by atoms with Crippen molar-refractivity contribution in [2.45, 2.75) is 57.9 Å². The summed E-state index contributed by atoms with van der Waals surface area (Å²) in [4.78, 5) is 19.1. The van der Waals surface area contributed by atoms with Gasteiger partial charge in [0.25, 0.3) is 0 Å². The Bertz CT molecular complexity index is 1220. The van der Waals surface area contributed by atoms with Crippen molar-refractivity contribution in [3.05, 3.63) is 67.3 Å². The van der Waals surface area contributed by atoms with Crippen molar-refractivity contribution >= 4 is 39.6 Å². The largest absolute Gasteiger partial charge is 0.379 e. The lowest BCUT2D eigenvalue weighted by atomic mass is 9.68. The highest BCUT2D eigenvalue weighted by molar-refractivity contribution is 14.1. The minimum absolute atomic E-state index is 0.157. The molecule has 0 unspecified atom stereocenters. The van der Waals surface area contributed by atoms with E-state index in [2.05, 4.69) is 83.5 Å². The smallest absolute Gasteiger partial charge is 0.193 e. The molecule has 0 N–H and O–H groups in total. The van der Waals surface area contributed by atoms with Crippen LogP contribution in [0, 0.1) is 3.57 Å². The second-order valence-corrected chi connectivity index (χ2v) is 12.3. The summed E-state index contributed by atoms with van der Waals surface area (Å²) in [5.74, 6) is 0.224. The third-order valence-corrected chi connectivity index (χ3v) is 9.54. The molecule has 0 spiro atoms. The molecule has 4 aliphatic rings. The van der Waals surface area contributed by atoms with Crippen molar-refractivity contribution in [3.8, 4) is 0 Å².